The van der Waals surface area contributed by atoms with Crippen LogP contribution in [0.2, 0.25) is 0 Å². The first-order valence-corrected chi connectivity index (χ1v) is 3.36. The number of amides is 1. The van der Waals surface area contributed by atoms with Crippen molar-refractivity contribution in [2.45, 2.75) is 6.23 Å². The Balaban J connectivity index is 4.09. The molecule has 0 fully saturated rings. The summed E-state index contributed by atoms with van der Waals surface area (Å²) in [4.78, 5) is 10.7. The predicted octanol–water partition coefficient (Wildman–Crippen LogP) is -1.76. The van der Waals surface area contributed by atoms with E-state index in [9.17, 15) is 4.79 Å². The van der Waals surface area contributed by atoms with Crippen molar-refractivity contribution in [1.29, 1.82) is 0 Å². The molecular formula is C6H15N3O2. The second kappa shape index (κ2) is 5.06. The highest BCUT2D eigenvalue weighted by Crippen LogP contribution is 2.00. The third kappa shape index (κ3) is 2.83. The Hall–Kier alpha value is -0.650. The van der Waals surface area contributed by atoms with Gasteiger partial charge >= 0.3 is 0 Å². The van der Waals surface area contributed by atoms with Gasteiger partial charge in [0.15, 0.2) is 0 Å². The second-order valence-corrected chi connectivity index (χ2v) is 2.19. The molecular weight excluding hydrogens is 146 g/mol. The van der Waals surface area contributed by atoms with E-state index in [1.54, 1.807) is 7.05 Å². The van der Waals surface area contributed by atoms with Crippen LogP contribution in [-0.2, 0) is 9.53 Å². The van der Waals surface area contributed by atoms with Crippen LogP contribution in [0.15, 0.2) is 0 Å². The largest absolute Gasteiger partial charge is 0.369 e. The fourth-order valence-electron chi connectivity index (χ4n) is 0.872. The van der Waals surface area contributed by atoms with E-state index in [0.717, 1.165) is 0 Å². The molecule has 0 heterocycles. The van der Waals surface area contributed by atoms with Gasteiger partial charge in [0.05, 0.1) is 5.92 Å². The molecule has 0 saturated carbocycles. The normalized spacial score (nSPS) is 15.9. The van der Waals surface area contributed by atoms with E-state index in [2.05, 4.69) is 5.32 Å². The summed E-state index contributed by atoms with van der Waals surface area (Å²) in [6.45, 7) is 0.189. The first kappa shape index (κ1) is 10.3. The SMILES string of the molecule is CNC(OC)C(CN)C(N)=O. The Kier molecular flexibility index (Phi) is 4.76. The molecule has 0 aromatic rings. The number of hydrogen-bond acceptors (Lipinski definition) is 4. The Bertz CT molecular complexity index is 125. The summed E-state index contributed by atoms with van der Waals surface area (Å²) < 4.78 is 4.92. The molecule has 0 bridgehead atoms. The lowest BCUT2D eigenvalue weighted by Gasteiger charge is -2.20. The molecule has 0 radical (unpaired) electrons. The Morgan fingerprint density at radius 1 is 1.73 bits per heavy atom. The number of methoxy groups -OCH3 is 1. The van der Waals surface area contributed by atoms with Crippen LogP contribution in [0.25, 0.3) is 0 Å². The van der Waals surface area contributed by atoms with Gasteiger partial charge in [-0.3, -0.25) is 10.1 Å². The Morgan fingerprint density at radius 2 is 2.27 bits per heavy atom. The molecule has 0 aromatic heterocycles. The standard InChI is InChI=1S/C6H15N3O2/c1-9-6(11-2)4(3-7)5(8)10/h4,6,9H,3,7H2,1-2H3,(H2,8,10). The highest BCUT2D eigenvalue weighted by Gasteiger charge is 2.23. The minimum Gasteiger partial charge on any atom is -0.369 e. The molecule has 0 aromatic carbocycles. The summed E-state index contributed by atoms with van der Waals surface area (Å²) in [5, 5.41) is 2.78. The van der Waals surface area contributed by atoms with Crippen LogP contribution in [0.1, 0.15) is 0 Å². The third-order valence-electron chi connectivity index (χ3n) is 1.52. The zero-order chi connectivity index (χ0) is 8.85. The molecule has 5 heteroatoms. The van der Waals surface area contributed by atoms with Crippen LogP contribution in [0.3, 0.4) is 0 Å². The van der Waals surface area contributed by atoms with Crippen LogP contribution in [0, 0.1) is 5.92 Å². The van der Waals surface area contributed by atoms with Crippen molar-refractivity contribution in [2.24, 2.45) is 17.4 Å². The van der Waals surface area contributed by atoms with E-state index >= 15 is 0 Å². The molecule has 0 rings (SSSR count). The average Bonchev–Trinajstić information content (AvgIpc) is 1.99. The van der Waals surface area contributed by atoms with E-state index in [1.165, 1.54) is 7.11 Å². The van der Waals surface area contributed by atoms with E-state index in [1.807, 2.05) is 0 Å². The zero-order valence-electron chi connectivity index (χ0n) is 6.83. The first-order valence-electron chi connectivity index (χ1n) is 3.36. The lowest BCUT2D eigenvalue weighted by atomic mass is 10.1. The smallest absolute Gasteiger partial charge is 0.225 e. The molecule has 2 atom stereocenters. The molecule has 1 amide bonds. The van der Waals surface area contributed by atoms with Crippen LogP contribution in [0.4, 0.5) is 0 Å². The summed E-state index contributed by atoms with van der Waals surface area (Å²) >= 11 is 0. The Morgan fingerprint density at radius 3 is 2.36 bits per heavy atom. The Labute approximate surface area is 66.1 Å². The molecule has 11 heavy (non-hydrogen) atoms. The topological polar surface area (TPSA) is 90.4 Å². The third-order valence-corrected chi connectivity index (χ3v) is 1.52. The number of primary amides is 1. The summed E-state index contributed by atoms with van der Waals surface area (Å²) in [5.41, 5.74) is 10.4. The van der Waals surface area contributed by atoms with Gasteiger partial charge < -0.3 is 16.2 Å². The van der Waals surface area contributed by atoms with Gasteiger partial charge in [0.1, 0.15) is 6.23 Å². The highest BCUT2D eigenvalue weighted by molar-refractivity contribution is 5.77. The molecule has 5 nitrogen and oxygen atoms in total. The number of nitrogens with one attached hydrogen (secondary N) is 1. The van der Waals surface area contributed by atoms with Crippen molar-refractivity contribution in [3.63, 3.8) is 0 Å². The minimum atomic E-state index is -0.468. The summed E-state index contributed by atoms with van der Waals surface area (Å²) in [6.07, 6.45) is -0.391. The fourth-order valence-corrected chi connectivity index (χ4v) is 0.872. The highest BCUT2D eigenvalue weighted by atomic mass is 16.5. The monoisotopic (exact) mass is 161 g/mol. The van der Waals surface area contributed by atoms with Crippen molar-refractivity contribution < 1.29 is 9.53 Å². The van der Waals surface area contributed by atoms with Crippen LogP contribution < -0.4 is 16.8 Å². The van der Waals surface area contributed by atoms with E-state index < -0.39 is 18.1 Å². The maximum absolute atomic E-state index is 10.7. The molecule has 66 valence electrons. The summed E-state index contributed by atoms with van der Waals surface area (Å²) in [7, 11) is 3.17. The number of carbonyl (C=O) groups is 1. The fraction of sp³-hybridized carbons (Fsp3) is 0.833. The first-order chi connectivity index (χ1) is 5.17. The molecule has 5 N–H and O–H groups in total. The van der Waals surface area contributed by atoms with Crippen molar-refractivity contribution in [3.05, 3.63) is 0 Å². The van der Waals surface area contributed by atoms with E-state index in [4.69, 9.17) is 16.2 Å². The molecule has 0 aliphatic rings. The van der Waals surface area contributed by atoms with Gasteiger partial charge in [0, 0.05) is 13.7 Å². The van der Waals surface area contributed by atoms with Gasteiger partial charge in [0.25, 0.3) is 0 Å². The van der Waals surface area contributed by atoms with Crippen molar-refractivity contribution in [1.82, 2.24) is 5.32 Å². The van der Waals surface area contributed by atoms with Crippen molar-refractivity contribution in [2.75, 3.05) is 20.7 Å². The second-order valence-electron chi connectivity index (χ2n) is 2.19. The van der Waals surface area contributed by atoms with Gasteiger partial charge in [-0.15, -0.1) is 0 Å². The van der Waals surface area contributed by atoms with E-state index in [-0.39, 0.29) is 6.54 Å². The van der Waals surface area contributed by atoms with Crippen LogP contribution in [0.5, 0.6) is 0 Å². The van der Waals surface area contributed by atoms with Crippen LogP contribution in [-0.4, -0.2) is 32.8 Å². The number of hydrogen-bond donors (Lipinski definition) is 3. The number of rotatable bonds is 5. The maximum Gasteiger partial charge on any atom is 0.225 e. The molecule has 0 aliphatic heterocycles. The average molecular weight is 161 g/mol. The molecule has 0 saturated heterocycles. The summed E-state index contributed by atoms with van der Waals surface area (Å²) in [5.74, 6) is -0.918. The quantitative estimate of drug-likeness (QED) is 0.416. The van der Waals surface area contributed by atoms with E-state index in [0.29, 0.717) is 0 Å². The van der Waals surface area contributed by atoms with Crippen molar-refractivity contribution in [3.8, 4) is 0 Å². The van der Waals surface area contributed by atoms with Gasteiger partial charge in [-0.25, -0.2) is 0 Å². The van der Waals surface area contributed by atoms with Gasteiger partial charge in [0.2, 0.25) is 5.91 Å². The zero-order valence-corrected chi connectivity index (χ0v) is 6.83. The lowest BCUT2D eigenvalue weighted by Crippen LogP contribution is -2.46. The van der Waals surface area contributed by atoms with Gasteiger partial charge in [-0.05, 0) is 7.05 Å². The summed E-state index contributed by atoms with van der Waals surface area (Å²) in [6, 6.07) is 0. The maximum atomic E-state index is 10.7. The number of ether oxygens (including phenoxy) is 1. The van der Waals surface area contributed by atoms with Gasteiger partial charge in [-0.2, -0.15) is 0 Å². The lowest BCUT2D eigenvalue weighted by molar-refractivity contribution is -0.126. The predicted molar refractivity (Wildman–Crippen MR) is 41.6 cm³/mol. The number of nitrogens with two attached hydrogens (primary N) is 2. The van der Waals surface area contributed by atoms with Crippen LogP contribution >= 0.6 is 0 Å². The molecule has 0 aliphatic carbocycles. The van der Waals surface area contributed by atoms with Crippen molar-refractivity contribution >= 4 is 5.91 Å². The molecule has 0 spiro atoms. The number of carbonyl (C=O) groups excluding carboxylic acids is 1. The minimum absolute atomic E-state index is 0.189. The van der Waals surface area contributed by atoms with Gasteiger partial charge in [-0.1, -0.05) is 0 Å². The molecule has 2 unspecified atom stereocenters.